The molecule has 0 saturated carbocycles. The minimum absolute atomic E-state index is 0.259. The zero-order valence-corrected chi connectivity index (χ0v) is 17.1. The molecule has 7 heteroatoms. The molecular weight excluding hydrogens is 370 g/mol. The molecule has 29 heavy (non-hydrogen) atoms. The number of anilines is 1. The topological polar surface area (TPSA) is 75.1 Å². The van der Waals surface area contributed by atoms with Gasteiger partial charge in [0.25, 0.3) is 0 Å². The average molecular weight is 399 g/mol. The number of carbonyl (C=O) groups is 1. The largest absolute Gasteiger partial charge is 0.478 e. The minimum atomic E-state index is -0.937. The molecule has 0 amide bonds. The Bertz CT molecular complexity index is 783. The fraction of sp³-hybridized carbons (Fsp3) is 0.455. The van der Waals surface area contributed by atoms with E-state index in [4.69, 9.17) is 9.47 Å². The van der Waals surface area contributed by atoms with Gasteiger partial charge in [0.15, 0.2) is 6.29 Å². The van der Waals surface area contributed by atoms with Crippen molar-refractivity contribution in [1.82, 2.24) is 9.88 Å². The van der Waals surface area contributed by atoms with Crippen molar-refractivity contribution in [3.8, 4) is 0 Å². The van der Waals surface area contributed by atoms with Crippen LogP contribution in [0.15, 0.2) is 42.6 Å². The van der Waals surface area contributed by atoms with E-state index in [1.54, 1.807) is 18.3 Å². The van der Waals surface area contributed by atoms with Crippen LogP contribution in [-0.2, 0) is 16.0 Å². The van der Waals surface area contributed by atoms with Gasteiger partial charge < -0.3 is 19.5 Å². The van der Waals surface area contributed by atoms with Crippen molar-refractivity contribution in [2.24, 2.45) is 0 Å². The maximum Gasteiger partial charge on any atom is 0.339 e. The second-order valence-electron chi connectivity index (χ2n) is 6.93. The monoisotopic (exact) mass is 399 g/mol. The van der Waals surface area contributed by atoms with Gasteiger partial charge in [0, 0.05) is 57.7 Å². The molecular formula is C22H29N3O4. The summed E-state index contributed by atoms with van der Waals surface area (Å²) in [5.74, 6) is -0.380. The first-order valence-electron chi connectivity index (χ1n) is 10.1. The number of ether oxygens (including phenoxy) is 2. The first kappa shape index (κ1) is 21.2. The van der Waals surface area contributed by atoms with Crippen LogP contribution in [0.4, 0.5) is 5.82 Å². The van der Waals surface area contributed by atoms with Gasteiger partial charge in [-0.05, 0) is 31.5 Å². The molecule has 1 fully saturated rings. The van der Waals surface area contributed by atoms with Crippen LogP contribution in [0.2, 0.25) is 0 Å². The Kier molecular flexibility index (Phi) is 7.57. The van der Waals surface area contributed by atoms with Crippen molar-refractivity contribution in [1.29, 1.82) is 0 Å². The molecule has 2 aromatic rings. The van der Waals surface area contributed by atoms with Gasteiger partial charge in [0.05, 0.1) is 0 Å². The van der Waals surface area contributed by atoms with E-state index < -0.39 is 5.97 Å². The molecule has 0 unspecified atom stereocenters. The number of aromatic carboxylic acids is 1. The number of hydrogen-bond donors (Lipinski definition) is 1. The number of pyridine rings is 1. The summed E-state index contributed by atoms with van der Waals surface area (Å²) in [5.41, 5.74) is 2.52. The normalized spacial score (nSPS) is 15.1. The fourth-order valence-electron chi connectivity index (χ4n) is 3.52. The van der Waals surface area contributed by atoms with Crippen molar-refractivity contribution >= 4 is 11.8 Å². The third-order valence-corrected chi connectivity index (χ3v) is 4.98. The number of aromatic nitrogens is 1. The Morgan fingerprint density at radius 1 is 1.07 bits per heavy atom. The molecule has 0 bridgehead atoms. The highest BCUT2D eigenvalue weighted by Gasteiger charge is 2.22. The third kappa shape index (κ3) is 5.53. The van der Waals surface area contributed by atoms with Crippen molar-refractivity contribution in [2.45, 2.75) is 26.7 Å². The van der Waals surface area contributed by atoms with E-state index in [1.165, 1.54) is 5.56 Å². The first-order valence-corrected chi connectivity index (χ1v) is 10.1. The highest BCUT2D eigenvalue weighted by Crippen LogP contribution is 2.22. The zero-order chi connectivity index (χ0) is 20.6. The van der Waals surface area contributed by atoms with Crippen LogP contribution in [0.25, 0.3) is 0 Å². The summed E-state index contributed by atoms with van der Waals surface area (Å²) in [5, 5.41) is 9.38. The van der Waals surface area contributed by atoms with Crippen LogP contribution in [-0.4, -0.2) is 60.4 Å². The van der Waals surface area contributed by atoms with E-state index in [-0.39, 0.29) is 11.9 Å². The predicted octanol–water partition coefficient (Wildman–Crippen LogP) is 3.17. The Morgan fingerprint density at radius 3 is 2.31 bits per heavy atom. The number of carboxylic acids is 1. The number of hydrogen-bond acceptors (Lipinski definition) is 6. The van der Waals surface area contributed by atoms with Crippen LogP contribution in [0, 0.1) is 0 Å². The minimum Gasteiger partial charge on any atom is -0.478 e. The summed E-state index contributed by atoms with van der Waals surface area (Å²) >= 11 is 0. The van der Waals surface area contributed by atoms with Crippen LogP contribution in [0.3, 0.4) is 0 Å². The highest BCUT2D eigenvalue weighted by molar-refractivity contribution is 5.93. The van der Waals surface area contributed by atoms with E-state index in [0.29, 0.717) is 19.0 Å². The third-order valence-electron chi connectivity index (χ3n) is 4.98. The number of benzene rings is 1. The lowest BCUT2D eigenvalue weighted by Crippen LogP contribution is -2.46. The smallest absolute Gasteiger partial charge is 0.339 e. The molecule has 1 aliphatic heterocycles. The summed E-state index contributed by atoms with van der Waals surface area (Å²) < 4.78 is 11.3. The molecule has 7 nitrogen and oxygen atoms in total. The molecule has 0 spiro atoms. The lowest BCUT2D eigenvalue weighted by molar-refractivity contribution is -0.140. The number of rotatable bonds is 9. The molecule has 1 aromatic carbocycles. The molecule has 2 heterocycles. The summed E-state index contributed by atoms with van der Waals surface area (Å²) in [4.78, 5) is 20.2. The summed E-state index contributed by atoms with van der Waals surface area (Å²) in [7, 11) is 0. The predicted molar refractivity (Wildman–Crippen MR) is 111 cm³/mol. The van der Waals surface area contributed by atoms with Crippen molar-refractivity contribution in [3.63, 3.8) is 0 Å². The Labute approximate surface area is 171 Å². The van der Waals surface area contributed by atoms with E-state index in [9.17, 15) is 9.90 Å². The molecule has 0 atom stereocenters. The molecule has 1 aromatic heterocycles. The summed E-state index contributed by atoms with van der Waals surface area (Å²) in [6, 6.07) is 11.6. The molecule has 1 N–H and O–H groups in total. The van der Waals surface area contributed by atoms with E-state index in [1.807, 2.05) is 13.8 Å². The second-order valence-corrected chi connectivity index (χ2v) is 6.93. The second kappa shape index (κ2) is 10.3. The van der Waals surface area contributed by atoms with Crippen molar-refractivity contribution < 1.29 is 19.4 Å². The van der Waals surface area contributed by atoms with Crippen LogP contribution in [0.1, 0.15) is 41.6 Å². The van der Waals surface area contributed by atoms with E-state index >= 15 is 0 Å². The van der Waals surface area contributed by atoms with Gasteiger partial charge in [-0.25, -0.2) is 9.78 Å². The maximum atomic E-state index is 11.4. The zero-order valence-electron chi connectivity index (χ0n) is 17.1. The maximum absolute atomic E-state index is 11.4. The van der Waals surface area contributed by atoms with Gasteiger partial charge in [0.2, 0.25) is 0 Å². The number of carboxylic acid groups (broad SMARTS) is 1. The van der Waals surface area contributed by atoms with Gasteiger partial charge in [-0.3, -0.25) is 4.90 Å². The molecule has 1 saturated heterocycles. The highest BCUT2D eigenvalue weighted by atomic mass is 16.7. The van der Waals surface area contributed by atoms with Gasteiger partial charge in [-0.2, -0.15) is 0 Å². The SMILES string of the molecule is CCOC(OCC)c1ccc(CN2CCN(c3ncccc3C(=O)O)CC2)cc1. The van der Waals surface area contributed by atoms with Gasteiger partial charge in [-0.1, -0.05) is 24.3 Å². The summed E-state index contributed by atoms with van der Waals surface area (Å²) in [6.45, 7) is 9.23. The van der Waals surface area contributed by atoms with Gasteiger partial charge >= 0.3 is 5.97 Å². The van der Waals surface area contributed by atoms with E-state index in [0.717, 1.165) is 38.3 Å². The Morgan fingerprint density at radius 2 is 1.72 bits per heavy atom. The number of nitrogens with zero attached hydrogens (tertiary/aromatic N) is 3. The van der Waals surface area contributed by atoms with Gasteiger partial charge in [-0.15, -0.1) is 0 Å². The lowest BCUT2D eigenvalue weighted by atomic mass is 10.1. The molecule has 0 radical (unpaired) electrons. The standard InChI is InChI=1S/C22H29N3O4/c1-3-28-22(29-4-2)18-9-7-17(8-10-18)16-24-12-14-25(15-13-24)20-19(21(26)27)6-5-11-23-20/h5-11,22H,3-4,12-16H2,1-2H3,(H,26,27). The van der Waals surface area contributed by atoms with E-state index in [2.05, 4.69) is 39.0 Å². The van der Waals surface area contributed by atoms with Crippen molar-refractivity contribution in [3.05, 3.63) is 59.3 Å². The fourth-order valence-corrected chi connectivity index (χ4v) is 3.52. The van der Waals surface area contributed by atoms with Gasteiger partial charge in [0.1, 0.15) is 11.4 Å². The first-order chi connectivity index (χ1) is 14.1. The van der Waals surface area contributed by atoms with Crippen molar-refractivity contribution in [2.75, 3.05) is 44.3 Å². The lowest BCUT2D eigenvalue weighted by Gasteiger charge is -2.35. The van der Waals surface area contributed by atoms with Crippen LogP contribution >= 0.6 is 0 Å². The van der Waals surface area contributed by atoms with Crippen LogP contribution in [0.5, 0.6) is 0 Å². The number of piperazine rings is 1. The molecule has 156 valence electrons. The Balaban J connectivity index is 1.56. The quantitative estimate of drug-likeness (QED) is 0.649. The van der Waals surface area contributed by atoms with Crippen LogP contribution < -0.4 is 4.90 Å². The molecule has 1 aliphatic rings. The summed E-state index contributed by atoms with van der Waals surface area (Å²) in [6.07, 6.45) is 1.33. The average Bonchev–Trinajstić information content (AvgIpc) is 2.75. The molecule has 3 rings (SSSR count). The Hall–Kier alpha value is -2.48. The molecule has 0 aliphatic carbocycles.